The molecule has 7 nitrogen and oxygen atoms in total. The molecule has 1 aromatic heterocycles. The van der Waals surface area contributed by atoms with E-state index in [0.29, 0.717) is 49.6 Å². The van der Waals surface area contributed by atoms with Gasteiger partial charge >= 0.3 is 0 Å². The number of rotatable bonds is 4. The third-order valence-electron chi connectivity index (χ3n) is 5.30. The molecule has 30 heavy (non-hydrogen) atoms. The monoisotopic (exact) mass is 408 g/mol. The Morgan fingerprint density at radius 2 is 1.90 bits per heavy atom. The molecule has 0 aliphatic carbocycles. The Kier molecular flexibility index (Phi) is 5.76. The molecular weight excluding hydrogens is 383 g/mol. The Balaban J connectivity index is 1.56. The van der Waals surface area contributed by atoms with Gasteiger partial charge in [0, 0.05) is 31.6 Å². The fourth-order valence-electron chi connectivity index (χ4n) is 3.57. The second kappa shape index (κ2) is 8.62. The summed E-state index contributed by atoms with van der Waals surface area (Å²) in [5.74, 6) is 0.944. The van der Waals surface area contributed by atoms with E-state index < -0.39 is 0 Å². The summed E-state index contributed by atoms with van der Waals surface area (Å²) in [5.41, 5.74) is 8.35. The largest absolute Gasteiger partial charge is 0.378 e. The Morgan fingerprint density at radius 1 is 1.17 bits per heavy atom. The second-order valence-corrected chi connectivity index (χ2v) is 7.29. The first-order valence-electron chi connectivity index (χ1n) is 9.95. The van der Waals surface area contributed by atoms with Crippen molar-refractivity contribution in [2.45, 2.75) is 12.8 Å². The third kappa shape index (κ3) is 4.18. The Hall–Kier alpha value is -3.26. The van der Waals surface area contributed by atoms with Gasteiger partial charge in [-0.05, 0) is 17.2 Å². The van der Waals surface area contributed by atoms with Crippen molar-refractivity contribution in [3.05, 3.63) is 65.7 Å². The summed E-state index contributed by atoms with van der Waals surface area (Å²) in [5, 5.41) is 4.37. The van der Waals surface area contributed by atoms with Gasteiger partial charge in [0.1, 0.15) is 11.6 Å². The van der Waals surface area contributed by atoms with Gasteiger partial charge in [-0.3, -0.25) is 4.68 Å². The molecule has 0 spiro atoms. The van der Waals surface area contributed by atoms with Crippen molar-refractivity contribution >= 4 is 11.9 Å². The first-order chi connectivity index (χ1) is 14.5. The SMILES string of the molecule is CC(c1ccc(-c2ccccc2)c(F)c1)c1nc(N=C(N)N2CCOCC2)nn1C. The first-order valence-corrected chi connectivity index (χ1v) is 9.95. The number of ether oxygens (including phenoxy) is 1. The van der Waals surface area contributed by atoms with Crippen LogP contribution in [0.4, 0.5) is 10.3 Å². The number of hydrogen-bond donors (Lipinski definition) is 1. The van der Waals surface area contributed by atoms with Crippen LogP contribution >= 0.6 is 0 Å². The fraction of sp³-hybridized carbons (Fsp3) is 0.318. The molecule has 1 aliphatic rings. The number of halogens is 1. The first kappa shape index (κ1) is 20.0. The van der Waals surface area contributed by atoms with E-state index in [9.17, 15) is 4.39 Å². The minimum Gasteiger partial charge on any atom is -0.378 e. The molecule has 0 bridgehead atoms. The topological polar surface area (TPSA) is 81.6 Å². The summed E-state index contributed by atoms with van der Waals surface area (Å²) in [6.07, 6.45) is 0. The molecule has 2 aromatic carbocycles. The molecule has 1 aliphatic heterocycles. The summed E-state index contributed by atoms with van der Waals surface area (Å²) in [6, 6.07) is 14.8. The predicted molar refractivity (Wildman–Crippen MR) is 114 cm³/mol. The maximum atomic E-state index is 14.8. The highest BCUT2D eigenvalue weighted by Crippen LogP contribution is 2.29. The van der Waals surface area contributed by atoms with Crippen molar-refractivity contribution in [3.63, 3.8) is 0 Å². The van der Waals surface area contributed by atoms with Crippen LogP contribution in [-0.4, -0.2) is 51.9 Å². The van der Waals surface area contributed by atoms with Crippen molar-refractivity contribution < 1.29 is 9.13 Å². The van der Waals surface area contributed by atoms with E-state index in [2.05, 4.69) is 15.1 Å². The van der Waals surface area contributed by atoms with Crippen molar-refractivity contribution in [2.75, 3.05) is 26.3 Å². The average Bonchev–Trinajstić information content (AvgIpc) is 3.14. The Bertz CT molecular complexity index is 1040. The number of aryl methyl sites for hydroxylation is 1. The summed E-state index contributed by atoms with van der Waals surface area (Å²) in [7, 11) is 1.80. The molecule has 0 amide bonds. The quantitative estimate of drug-likeness (QED) is 0.530. The van der Waals surface area contributed by atoms with Crippen LogP contribution < -0.4 is 5.73 Å². The van der Waals surface area contributed by atoms with Crippen molar-refractivity contribution in [1.29, 1.82) is 0 Å². The number of morpholine rings is 1. The van der Waals surface area contributed by atoms with Crippen molar-refractivity contribution in [3.8, 4) is 11.1 Å². The molecule has 4 rings (SSSR count). The lowest BCUT2D eigenvalue weighted by atomic mass is 9.96. The lowest BCUT2D eigenvalue weighted by Crippen LogP contribution is -2.44. The Morgan fingerprint density at radius 3 is 2.60 bits per heavy atom. The Labute approximate surface area is 175 Å². The van der Waals surface area contributed by atoms with Crippen LogP contribution in [-0.2, 0) is 11.8 Å². The van der Waals surface area contributed by atoms with Gasteiger partial charge in [0.15, 0.2) is 5.96 Å². The van der Waals surface area contributed by atoms with E-state index in [1.165, 1.54) is 0 Å². The minimum absolute atomic E-state index is 0.157. The van der Waals surface area contributed by atoms with Gasteiger partial charge in [0.2, 0.25) is 0 Å². The molecule has 2 heterocycles. The zero-order valence-corrected chi connectivity index (χ0v) is 17.1. The highest BCUT2D eigenvalue weighted by molar-refractivity contribution is 5.80. The summed E-state index contributed by atoms with van der Waals surface area (Å²) in [4.78, 5) is 10.8. The van der Waals surface area contributed by atoms with Gasteiger partial charge in [0.05, 0.1) is 13.2 Å². The molecule has 0 saturated carbocycles. The molecule has 0 radical (unpaired) electrons. The zero-order chi connectivity index (χ0) is 21.1. The molecular formula is C22H25FN6O. The number of nitrogens with two attached hydrogens (primary N) is 1. The van der Waals surface area contributed by atoms with E-state index in [-0.39, 0.29) is 11.7 Å². The lowest BCUT2D eigenvalue weighted by molar-refractivity contribution is 0.0675. The average molecular weight is 408 g/mol. The van der Waals surface area contributed by atoms with Crippen LogP contribution in [0.5, 0.6) is 0 Å². The standard InChI is InChI=1S/C22H25FN6O/c1-15(17-8-9-18(19(23)14-17)16-6-4-3-5-7-16)20-25-22(27-28(20)2)26-21(24)29-10-12-30-13-11-29/h3-9,14-15H,10-13H2,1-2H3,(H2,24,26,27). The van der Waals surface area contributed by atoms with E-state index in [1.807, 2.05) is 54.3 Å². The van der Waals surface area contributed by atoms with Crippen LogP contribution in [0, 0.1) is 5.82 Å². The number of aliphatic imine (C=N–C) groups is 1. The summed E-state index contributed by atoms with van der Waals surface area (Å²) >= 11 is 0. The number of guanidine groups is 1. The van der Waals surface area contributed by atoms with Crippen LogP contribution in [0.15, 0.2) is 53.5 Å². The maximum Gasteiger partial charge on any atom is 0.271 e. The summed E-state index contributed by atoms with van der Waals surface area (Å²) in [6.45, 7) is 4.61. The van der Waals surface area contributed by atoms with Gasteiger partial charge in [-0.2, -0.15) is 9.98 Å². The zero-order valence-electron chi connectivity index (χ0n) is 17.1. The van der Waals surface area contributed by atoms with E-state index in [0.717, 1.165) is 11.1 Å². The molecule has 3 aromatic rings. The molecule has 1 unspecified atom stereocenters. The van der Waals surface area contributed by atoms with Gasteiger partial charge in [-0.15, -0.1) is 5.10 Å². The number of nitrogens with zero attached hydrogens (tertiary/aromatic N) is 5. The number of aromatic nitrogens is 3. The van der Waals surface area contributed by atoms with Crippen LogP contribution in [0.3, 0.4) is 0 Å². The van der Waals surface area contributed by atoms with E-state index in [4.69, 9.17) is 10.5 Å². The lowest BCUT2D eigenvalue weighted by Gasteiger charge is -2.27. The third-order valence-corrected chi connectivity index (χ3v) is 5.30. The minimum atomic E-state index is -0.262. The van der Waals surface area contributed by atoms with Gasteiger partial charge in [0.25, 0.3) is 5.95 Å². The van der Waals surface area contributed by atoms with Gasteiger partial charge in [-0.1, -0.05) is 49.4 Å². The second-order valence-electron chi connectivity index (χ2n) is 7.29. The molecule has 2 N–H and O–H groups in total. The molecule has 1 saturated heterocycles. The molecule has 156 valence electrons. The molecule has 1 atom stereocenters. The van der Waals surface area contributed by atoms with E-state index in [1.54, 1.807) is 17.8 Å². The van der Waals surface area contributed by atoms with Crippen molar-refractivity contribution in [2.24, 2.45) is 17.8 Å². The number of benzene rings is 2. The molecule has 1 fully saturated rings. The smallest absolute Gasteiger partial charge is 0.271 e. The molecule has 8 heteroatoms. The summed E-state index contributed by atoms with van der Waals surface area (Å²) < 4.78 is 21.8. The van der Waals surface area contributed by atoms with Crippen LogP contribution in [0.1, 0.15) is 24.2 Å². The predicted octanol–water partition coefficient (Wildman–Crippen LogP) is 3.05. The normalized spacial score (nSPS) is 16.0. The maximum absolute atomic E-state index is 14.8. The van der Waals surface area contributed by atoms with Gasteiger partial charge < -0.3 is 15.4 Å². The number of hydrogen-bond acceptors (Lipinski definition) is 4. The van der Waals surface area contributed by atoms with Gasteiger partial charge in [-0.25, -0.2) is 4.39 Å². The van der Waals surface area contributed by atoms with Crippen molar-refractivity contribution in [1.82, 2.24) is 19.7 Å². The van der Waals surface area contributed by atoms with E-state index >= 15 is 0 Å². The highest BCUT2D eigenvalue weighted by atomic mass is 19.1. The fourth-order valence-corrected chi connectivity index (χ4v) is 3.57. The van der Waals surface area contributed by atoms with Crippen LogP contribution in [0.25, 0.3) is 11.1 Å². The van der Waals surface area contributed by atoms with Crippen LogP contribution in [0.2, 0.25) is 0 Å². The highest BCUT2D eigenvalue weighted by Gasteiger charge is 2.19.